The van der Waals surface area contributed by atoms with Gasteiger partial charge < -0.3 is 25.6 Å². The number of nitrogens with zero attached hydrogens (tertiary/aromatic N) is 5. The van der Waals surface area contributed by atoms with E-state index in [2.05, 4.69) is 39.0 Å². The molecule has 0 radical (unpaired) electrons. The van der Waals surface area contributed by atoms with Crippen LogP contribution in [0.15, 0.2) is 36.7 Å². The van der Waals surface area contributed by atoms with Gasteiger partial charge in [-0.3, -0.25) is 0 Å². The number of nitrogens with two attached hydrogens (primary N) is 1. The number of anilines is 3. The van der Waals surface area contributed by atoms with E-state index in [0.717, 1.165) is 37.4 Å². The first-order chi connectivity index (χ1) is 18.8. The monoisotopic (exact) mass is 537 g/mol. The fourth-order valence-electron chi connectivity index (χ4n) is 5.17. The van der Waals surface area contributed by atoms with Crippen LogP contribution in [0.25, 0.3) is 11.3 Å². The number of fused-ring (bicyclic) bond motifs is 1. The van der Waals surface area contributed by atoms with Crippen molar-refractivity contribution in [3.63, 3.8) is 0 Å². The maximum Gasteiger partial charge on any atom is 0.314 e. The predicted octanol–water partition coefficient (Wildman–Crippen LogP) is 4.89. The fraction of sp³-hybridized carbons (Fsp3) is 0.429. The Hall–Kier alpha value is -4.02. The molecule has 1 saturated heterocycles. The first-order valence-electron chi connectivity index (χ1n) is 13.3. The molecular weight excluding hydrogens is 504 g/mol. The molecule has 1 atom stereocenters. The second-order valence-electron chi connectivity index (χ2n) is 10.1. The minimum absolute atomic E-state index is 0.0113. The van der Waals surface area contributed by atoms with E-state index in [9.17, 15) is 9.18 Å². The van der Waals surface area contributed by atoms with Gasteiger partial charge in [0.05, 0.1) is 18.4 Å². The summed E-state index contributed by atoms with van der Waals surface area (Å²) in [5, 5.41) is 3.02. The van der Waals surface area contributed by atoms with Crippen molar-refractivity contribution < 1.29 is 18.3 Å². The van der Waals surface area contributed by atoms with Crippen LogP contribution in [-0.2, 0) is 6.42 Å². The van der Waals surface area contributed by atoms with Gasteiger partial charge in [0, 0.05) is 30.9 Å². The van der Waals surface area contributed by atoms with Gasteiger partial charge in [0.2, 0.25) is 5.95 Å². The van der Waals surface area contributed by atoms with E-state index in [0.29, 0.717) is 49.2 Å². The number of amides is 2. The molecule has 2 aromatic heterocycles. The van der Waals surface area contributed by atoms with Gasteiger partial charge in [-0.1, -0.05) is 13.0 Å². The number of rotatable bonds is 7. The molecule has 39 heavy (non-hydrogen) atoms. The number of halogens is 2. The van der Waals surface area contributed by atoms with E-state index in [1.54, 1.807) is 17.2 Å². The van der Waals surface area contributed by atoms with Crippen LogP contribution in [0.4, 0.5) is 31.0 Å². The number of likely N-dealkylation sites (tertiary alicyclic amines) is 1. The van der Waals surface area contributed by atoms with Crippen molar-refractivity contribution in [2.45, 2.75) is 45.6 Å². The quantitative estimate of drug-likeness (QED) is 0.442. The van der Waals surface area contributed by atoms with Crippen molar-refractivity contribution in [2.24, 2.45) is 11.7 Å². The number of hydrogen-bond donors (Lipinski definition) is 2. The van der Waals surface area contributed by atoms with Crippen molar-refractivity contribution in [3.8, 4) is 17.0 Å². The number of urea groups is 1. The summed E-state index contributed by atoms with van der Waals surface area (Å²) in [5.41, 5.74) is 7.33. The average Bonchev–Trinajstić information content (AvgIpc) is 2.94. The third-order valence-electron chi connectivity index (χ3n) is 7.57. The number of pyridine rings is 1. The molecule has 3 aromatic rings. The van der Waals surface area contributed by atoms with Crippen LogP contribution in [0.2, 0.25) is 0 Å². The Kier molecular flexibility index (Phi) is 7.76. The summed E-state index contributed by atoms with van der Waals surface area (Å²) in [6, 6.07) is 6.57. The third-order valence-corrected chi connectivity index (χ3v) is 7.57. The van der Waals surface area contributed by atoms with Gasteiger partial charge in [-0.15, -0.1) is 0 Å². The molecule has 1 fully saturated rings. The topological polar surface area (TPSA) is 110 Å². The number of carbonyl (C=O) groups is 1. The molecule has 206 valence electrons. The highest BCUT2D eigenvalue weighted by atomic mass is 19.1. The van der Waals surface area contributed by atoms with Crippen LogP contribution in [0.5, 0.6) is 5.75 Å². The maximum atomic E-state index is 15.0. The summed E-state index contributed by atoms with van der Waals surface area (Å²) in [6.07, 6.45) is 6.40. The number of benzene rings is 1. The molecule has 4 heterocycles. The zero-order valence-electron chi connectivity index (χ0n) is 22.2. The highest BCUT2D eigenvalue weighted by Gasteiger charge is 2.27. The van der Waals surface area contributed by atoms with E-state index >= 15 is 4.39 Å². The molecule has 9 nitrogen and oxygen atoms in total. The standard InChI is InChI=1S/C28H33F2N7O2/c1-3-17(2)37-10-11-39-26-21(29)13-20(14-23(26)37)25-22(30)16-33-28(35-25)34-24-5-4-19(15-32-24)12-18-6-8-36(9-7-18)27(31)38/h4-5,13-18H,3,6-12H2,1-2H3,(H2,31,38)(H,32,33,34,35). The van der Waals surface area contributed by atoms with Crippen molar-refractivity contribution in [1.29, 1.82) is 0 Å². The van der Waals surface area contributed by atoms with Gasteiger partial charge in [0.25, 0.3) is 0 Å². The lowest BCUT2D eigenvalue weighted by Gasteiger charge is -2.36. The average molecular weight is 538 g/mol. The largest absolute Gasteiger partial charge is 0.486 e. The van der Waals surface area contributed by atoms with Crippen LogP contribution in [0.3, 0.4) is 0 Å². The lowest BCUT2D eigenvalue weighted by molar-refractivity contribution is 0.179. The van der Waals surface area contributed by atoms with Crippen LogP contribution < -0.4 is 20.7 Å². The lowest BCUT2D eigenvalue weighted by atomic mass is 9.91. The van der Waals surface area contributed by atoms with Crippen LogP contribution in [0, 0.1) is 17.6 Å². The van der Waals surface area contributed by atoms with Crippen LogP contribution in [0.1, 0.15) is 38.7 Å². The van der Waals surface area contributed by atoms with E-state index < -0.39 is 11.6 Å². The highest BCUT2D eigenvalue weighted by molar-refractivity contribution is 5.73. The Morgan fingerprint density at radius 2 is 1.95 bits per heavy atom. The molecule has 5 rings (SSSR count). The van der Waals surface area contributed by atoms with Crippen molar-refractivity contribution in [3.05, 3.63) is 53.9 Å². The molecule has 1 unspecified atom stereocenters. The van der Waals surface area contributed by atoms with E-state index in [1.165, 1.54) is 6.07 Å². The van der Waals surface area contributed by atoms with E-state index in [4.69, 9.17) is 10.5 Å². The summed E-state index contributed by atoms with van der Waals surface area (Å²) in [4.78, 5) is 27.9. The summed E-state index contributed by atoms with van der Waals surface area (Å²) in [6.45, 7) is 6.50. The molecule has 2 aliphatic heterocycles. The maximum absolute atomic E-state index is 15.0. The highest BCUT2D eigenvalue weighted by Crippen LogP contribution is 2.39. The summed E-state index contributed by atoms with van der Waals surface area (Å²) in [7, 11) is 0. The molecule has 2 aliphatic rings. The smallest absolute Gasteiger partial charge is 0.314 e. The molecule has 0 spiro atoms. The molecule has 11 heteroatoms. The third kappa shape index (κ3) is 5.86. The second-order valence-corrected chi connectivity index (χ2v) is 10.1. The SMILES string of the molecule is CCC(C)N1CCOc2c(F)cc(-c3nc(Nc4ccc(CC5CCN(C(N)=O)CC5)cn4)ncc3F)cc21. The van der Waals surface area contributed by atoms with Gasteiger partial charge in [0.15, 0.2) is 17.4 Å². The zero-order chi connectivity index (χ0) is 27.5. The summed E-state index contributed by atoms with van der Waals surface area (Å²) >= 11 is 0. The van der Waals surface area contributed by atoms with Gasteiger partial charge in [-0.2, -0.15) is 0 Å². The number of hydrogen-bond acceptors (Lipinski definition) is 7. The number of primary amides is 1. The first kappa shape index (κ1) is 26.6. The van der Waals surface area contributed by atoms with E-state index in [-0.39, 0.29) is 29.5 Å². The number of aromatic nitrogens is 3. The van der Waals surface area contributed by atoms with Crippen molar-refractivity contribution >= 4 is 23.5 Å². The summed E-state index contributed by atoms with van der Waals surface area (Å²) < 4.78 is 35.5. The minimum atomic E-state index is -0.655. The fourth-order valence-corrected chi connectivity index (χ4v) is 5.17. The van der Waals surface area contributed by atoms with Gasteiger partial charge in [-0.25, -0.2) is 28.5 Å². The molecule has 0 bridgehead atoms. The minimum Gasteiger partial charge on any atom is -0.486 e. The molecule has 0 aliphatic carbocycles. The van der Waals surface area contributed by atoms with Crippen LogP contribution >= 0.6 is 0 Å². The van der Waals surface area contributed by atoms with Crippen molar-refractivity contribution in [2.75, 3.05) is 36.5 Å². The molecule has 2 amide bonds. The summed E-state index contributed by atoms with van der Waals surface area (Å²) in [5.74, 6) is 0.0909. The zero-order valence-corrected chi connectivity index (χ0v) is 22.2. The second kappa shape index (κ2) is 11.4. The first-order valence-corrected chi connectivity index (χ1v) is 13.3. The van der Waals surface area contributed by atoms with Gasteiger partial charge in [-0.05, 0) is 62.3 Å². The lowest BCUT2D eigenvalue weighted by Crippen LogP contribution is -2.41. The Labute approximate surface area is 226 Å². The number of carbonyl (C=O) groups excluding carboxylic acids is 1. The molecule has 1 aromatic carbocycles. The normalized spacial score (nSPS) is 16.4. The molecule has 3 N–H and O–H groups in total. The van der Waals surface area contributed by atoms with E-state index in [1.807, 2.05) is 12.1 Å². The van der Waals surface area contributed by atoms with Gasteiger partial charge >= 0.3 is 6.03 Å². The Morgan fingerprint density at radius 3 is 2.64 bits per heavy atom. The molecular formula is C28H33F2N7O2. The Bertz CT molecular complexity index is 1330. The predicted molar refractivity (Wildman–Crippen MR) is 145 cm³/mol. The number of piperidine rings is 1. The van der Waals surface area contributed by atoms with Gasteiger partial charge in [0.1, 0.15) is 18.1 Å². The Balaban J connectivity index is 1.31. The Morgan fingerprint density at radius 1 is 1.15 bits per heavy atom. The number of ether oxygens (including phenoxy) is 1. The van der Waals surface area contributed by atoms with Crippen molar-refractivity contribution in [1.82, 2.24) is 19.9 Å². The molecule has 0 saturated carbocycles. The number of nitrogens with one attached hydrogen (secondary N) is 1. The van der Waals surface area contributed by atoms with Crippen LogP contribution in [-0.4, -0.2) is 58.2 Å².